The lowest BCUT2D eigenvalue weighted by Crippen LogP contribution is -2.33. The molecule has 1 aliphatic rings. The van der Waals surface area contributed by atoms with Crippen LogP contribution < -0.4 is 10.3 Å². The number of aromatic carboxylic acids is 1. The van der Waals surface area contributed by atoms with Crippen molar-refractivity contribution in [1.29, 1.82) is 0 Å². The molecule has 0 spiro atoms. The molecule has 6 rings (SSSR count). The first-order chi connectivity index (χ1) is 17.9. The van der Waals surface area contributed by atoms with E-state index in [9.17, 15) is 19.8 Å². The number of pyridine rings is 2. The molecular weight excluding hydrogens is 475 g/mol. The van der Waals surface area contributed by atoms with Crippen LogP contribution in [0.4, 0.5) is 10.1 Å². The highest BCUT2D eigenvalue weighted by Gasteiger charge is 2.29. The SMILES string of the molecule is O=C(O)c1cn(-c2ccc(O)cc2)c2cc(N3CCC[C@@H]3Cn3ccc4cccnc43)c(F)cc2c1=O. The average Bonchev–Trinajstić information content (AvgIpc) is 3.52. The fourth-order valence-corrected chi connectivity index (χ4v) is 5.27. The smallest absolute Gasteiger partial charge is 0.341 e. The first kappa shape index (κ1) is 22.8. The molecule has 0 radical (unpaired) electrons. The number of hydrogen-bond acceptors (Lipinski definition) is 5. The zero-order chi connectivity index (χ0) is 25.7. The number of anilines is 1. The van der Waals surface area contributed by atoms with Gasteiger partial charge in [0.2, 0.25) is 5.43 Å². The second kappa shape index (κ2) is 8.77. The highest BCUT2D eigenvalue weighted by Crippen LogP contribution is 2.33. The Morgan fingerprint density at radius 3 is 2.73 bits per heavy atom. The summed E-state index contributed by atoms with van der Waals surface area (Å²) in [5.74, 6) is -1.92. The van der Waals surface area contributed by atoms with Crippen LogP contribution in [0.5, 0.6) is 5.75 Å². The largest absolute Gasteiger partial charge is 0.508 e. The van der Waals surface area contributed by atoms with Gasteiger partial charge in [-0.25, -0.2) is 14.2 Å². The number of phenols is 1. The summed E-state index contributed by atoms with van der Waals surface area (Å²) in [6.45, 7) is 1.27. The molecule has 8 nitrogen and oxygen atoms in total. The summed E-state index contributed by atoms with van der Waals surface area (Å²) in [4.78, 5) is 31.3. The van der Waals surface area contributed by atoms with Crippen molar-refractivity contribution in [3.8, 4) is 11.4 Å². The van der Waals surface area contributed by atoms with Crippen LogP contribution in [-0.4, -0.2) is 42.9 Å². The molecule has 1 fully saturated rings. The van der Waals surface area contributed by atoms with Crippen LogP contribution in [0, 0.1) is 5.82 Å². The van der Waals surface area contributed by atoms with Crippen molar-refractivity contribution in [2.75, 3.05) is 11.4 Å². The topological polar surface area (TPSA) is 101 Å². The molecule has 5 aromatic rings. The van der Waals surface area contributed by atoms with Gasteiger partial charge < -0.3 is 24.2 Å². The van der Waals surface area contributed by atoms with Crippen molar-refractivity contribution in [1.82, 2.24) is 14.1 Å². The minimum Gasteiger partial charge on any atom is -0.508 e. The molecule has 3 aromatic heterocycles. The van der Waals surface area contributed by atoms with E-state index in [0.29, 0.717) is 30.0 Å². The standard InChI is InChI=1S/C28H23FN4O4/c29-23-13-21-24(33(16-22(26(21)35)28(36)37)18-5-7-20(34)8-6-18)14-25(23)32-11-2-4-19(32)15-31-12-9-17-3-1-10-30-27(17)31/h1,3,5-10,12-14,16,19,34H,2,4,11,15H2,(H,36,37)/t19-/m1/s1. The van der Waals surface area contributed by atoms with Gasteiger partial charge in [0, 0.05) is 54.2 Å². The molecule has 0 bridgehead atoms. The van der Waals surface area contributed by atoms with Gasteiger partial charge >= 0.3 is 5.97 Å². The molecule has 0 saturated carbocycles. The normalized spacial score (nSPS) is 15.6. The van der Waals surface area contributed by atoms with Crippen molar-refractivity contribution < 1.29 is 19.4 Å². The number of aromatic nitrogens is 3. The van der Waals surface area contributed by atoms with Crippen LogP contribution in [0.15, 0.2) is 78.0 Å². The number of carboxylic acids is 1. The minimum absolute atomic E-state index is 0.0108. The van der Waals surface area contributed by atoms with E-state index in [1.165, 1.54) is 18.3 Å². The summed E-state index contributed by atoms with van der Waals surface area (Å²) >= 11 is 0. The summed E-state index contributed by atoms with van der Waals surface area (Å²) in [7, 11) is 0. The second-order valence-corrected chi connectivity index (χ2v) is 9.26. The third kappa shape index (κ3) is 3.88. The number of carbonyl (C=O) groups is 1. The highest BCUT2D eigenvalue weighted by atomic mass is 19.1. The Kier molecular flexibility index (Phi) is 5.40. The molecule has 9 heteroatoms. The van der Waals surface area contributed by atoms with Crippen molar-refractivity contribution in [3.63, 3.8) is 0 Å². The van der Waals surface area contributed by atoms with Crippen molar-refractivity contribution in [2.45, 2.75) is 25.4 Å². The monoisotopic (exact) mass is 498 g/mol. The van der Waals surface area contributed by atoms with Crippen LogP contribution in [0.1, 0.15) is 23.2 Å². The number of hydrogen-bond donors (Lipinski definition) is 2. The van der Waals surface area contributed by atoms with E-state index in [-0.39, 0.29) is 17.2 Å². The number of nitrogens with zero attached hydrogens (tertiary/aromatic N) is 4. The predicted octanol–water partition coefficient (Wildman–Crippen LogP) is 4.55. The van der Waals surface area contributed by atoms with E-state index in [2.05, 4.69) is 9.55 Å². The van der Waals surface area contributed by atoms with E-state index in [0.717, 1.165) is 29.9 Å². The fourth-order valence-electron chi connectivity index (χ4n) is 5.27. The number of phenolic OH excluding ortho intramolecular Hbond substituents is 1. The summed E-state index contributed by atoms with van der Waals surface area (Å²) in [6, 6.07) is 14.8. The summed E-state index contributed by atoms with van der Waals surface area (Å²) in [6.07, 6.45) is 6.74. The van der Waals surface area contributed by atoms with E-state index in [1.54, 1.807) is 29.0 Å². The van der Waals surface area contributed by atoms with Crippen molar-refractivity contribution >= 4 is 33.6 Å². The zero-order valence-corrected chi connectivity index (χ0v) is 19.7. The first-order valence-electron chi connectivity index (χ1n) is 12.0. The lowest BCUT2D eigenvalue weighted by molar-refractivity contribution is 0.0695. The Hall–Kier alpha value is -4.66. The Balaban J connectivity index is 1.48. The van der Waals surface area contributed by atoms with Gasteiger partial charge in [-0.05, 0) is 67.4 Å². The number of benzene rings is 2. The maximum Gasteiger partial charge on any atom is 0.341 e. The van der Waals surface area contributed by atoms with E-state index < -0.39 is 22.8 Å². The van der Waals surface area contributed by atoms with Crippen molar-refractivity contribution in [3.05, 3.63) is 94.8 Å². The molecule has 4 heterocycles. The van der Waals surface area contributed by atoms with Gasteiger partial charge in [0.1, 0.15) is 22.8 Å². The number of carboxylic acid groups (broad SMARTS) is 1. The highest BCUT2D eigenvalue weighted by molar-refractivity contribution is 5.94. The van der Waals surface area contributed by atoms with Gasteiger partial charge in [-0.15, -0.1) is 0 Å². The Labute approximate surface area is 210 Å². The average molecular weight is 499 g/mol. The van der Waals surface area contributed by atoms with Crippen LogP contribution >= 0.6 is 0 Å². The lowest BCUT2D eigenvalue weighted by Gasteiger charge is -2.28. The van der Waals surface area contributed by atoms with Gasteiger partial charge in [-0.2, -0.15) is 0 Å². The molecule has 2 N–H and O–H groups in total. The molecular formula is C28H23FN4O4. The summed E-state index contributed by atoms with van der Waals surface area (Å²) in [5, 5.41) is 20.3. The summed E-state index contributed by atoms with van der Waals surface area (Å²) < 4.78 is 19.2. The van der Waals surface area contributed by atoms with E-state index in [4.69, 9.17) is 0 Å². The lowest BCUT2D eigenvalue weighted by atomic mass is 10.1. The molecule has 1 saturated heterocycles. The third-order valence-corrected chi connectivity index (χ3v) is 7.05. The Morgan fingerprint density at radius 1 is 1.14 bits per heavy atom. The van der Waals surface area contributed by atoms with Crippen LogP contribution in [0.3, 0.4) is 0 Å². The van der Waals surface area contributed by atoms with Crippen LogP contribution in [0.2, 0.25) is 0 Å². The molecule has 2 aromatic carbocycles. The maximum absolute atomic E-state index is 15.6. The first-order valence-corrected chi connectivity index (χ1v) is 12.0. The number of aromatic hydroxyl groups is 1. The zero-order valence-electron chi connectivity index (χ0n) is 19.7. The van der Waals surface area contributed by atoms with Crippen LogP contribution in [-0.2, 0) is 6.54 Å². The van der Waals surface area contributed by atoms with Crippen LogP contribution in [0.25, 0.3) is 27.6 Å². The van der Waals surface area contributed by atoms with Gasteiger partial charge in [-0.1, -0.05) is 0 Å². The molecule has 0 amide bonds. The maximum atomic E-state index is 15.6. The summed E-state index contributed by atoms with van der Waals surface area (Å²) in [5.41, 5.74) is 0.941. The van der Waals surface area contributed by atoms with Gasteiger partial charge in [0.05, 0.1) is 11.2 Å². The second-order valence-electron chi connectivity index (χ2n) is 9.26. The van der Waals surface area contributed by atoms with Gasteiger partial charge in [-0.3, -0.25) is 4.79 Å². The van der Waals surface area contributed by atoms with Gasteiger partial charge in [0.15, 0.2) is 0 Å². The Morgan fingerprint density at radius 2 is 1.95 bits per heavy atom. The quantitative estimate of drug-likeness (QED) is 0.369. The minimum atomic E-state index is -1.39. The number of halogens is 1. The molecule has 186 valence electrons. The molecule has 0 aliphatic carbocycles. The third-order valence-electron chi connectivity index (χ3n) is 7.05. The van der Waals surface area contributed by atoms with E-state index in [1.807, 2.05) is 29.3 Å². The van der Waals surface area contributed by atoms with Crippen molar-refractivity contribution in [2.24, 2.45) is 0 Å². The van der Waals surface area contributed by atoms with E-state index >= 15 is 4.39 Å². The fraction of sp³-hybridized carbons (Fsp3) is 0.179. The number of rotatable bonds is 5. The molecule has 0 unspecified atom stereocenters. The van der Waals surface area contributed by atoms with Gasteiger partial charge in [0.25, 0.3) is 0 Å². The number of fused-ring (bicyclic) bond motifs is 2. The Bertz CT molecular complexity index is 1720. The molecule has 1 atom stereocenters. The predicted molar refractivity (Wildman–Crippen MR) is 138 cm³/mol. The molecule has 37 heavy (non-hydrogen) atoms. The molecule has 1 aliphatic heterocycles.